The fourth-order valence-corrected chi connectivity index (χ4v) is 4.49. The van der Waals surface area contributed by atoms with Crippen LogP contribution < -0.4 is 0 Å². The maximum atomic E-state index is 12.3. The highest BCUT2D eigenvalue weighted by Crippen LogP contribution is 2.25. The van der Waals surface area contributed by atoms with Crippen molar-refractivity contribution >= 4 is 51.8 Å². The molecule has 0 aliphatic carbocycles. The summed E-state index contributed by atoms with van der Waals surface area (Å²) in [7, 11) is 0. The summed E-state index contributed by atoms with van der Waals surface area (Å²) in [6.45, 7) is 4.20. The number of halogens is 2. The standard InChI is InChI=1S/C14H14Cl2N2OS2/c15-12-3-1-10(20-12)9-17-5-7-18(8-6-17)14(19)11-2-4-13(16)21-11/h1-4H,5-9H2. The van der Waals surface area contributed by atoms with Crippen molar-refractivity contribution in [2.45, 2.75) is 6.54 Å². The van der Waals surface area contributed by atoms with Crippen molar-refractivity contribution in [3.05, 3.63) is 42.7 Å². The Labute approximate surface area is 141 Å². The van der Waals surface area contributed by atoms with E-state index in [2.05, 4.69) is 11.0 Å². The Balaban J connectivity index is 1.54. The monoisotopic (exact) mass is 360 g/mol. The van der Waals surface area contributed by atoms with Crippen LogP contribution in [0.5, 0.6) is 0 Å². The number of amides is 1. The zero-order valence-electron chi connectivity index (χ0n) is 11.2. The predicted molar refractivity (Wildman–Crippen MR) is 89.8 cm³/mol. The third kappa shape index (κ3) is 3.79. The topological polar surface area (TPSA) is 23.6 Å². The van der Waals surface area contributed by atoms with E-state index >= 15 is 0 Å². The van der Waals surface area contributed by atoms with E-state index in [1.807, 2.05) is 11.0 Å². The molecule has 3 rings (SSSR count). The molecule has 0 atom stereocenters. The van der Waals surface area contributed by atoms with E-state index in [0.717, 1.165) is 41.9 Å². The molecule has 7 heteroatoms. The van der Waals surface area contributed by atoms with Gasteiger partial charge < -0.3 is 4.90 Å². The minimum Gasteiger partial charge on any atom is -0.335 e. The Bertz CT molecular complexity index is 632. The van der Waals surface area contributed by atoms with Gasteiger partial charge in [-0.1, -0.05) is 23.2 Å². The molecule has 0 radical (unpaired) electrons. The van der Waals surface area contributed by atoms with Gasteiger partial charge in [0.1, 0.15) is 0 Å². The van der Waals surface area contributed by atoms with Crippen LogP contribution in [0.25, 0.3) is 0 Å². The molecule has 2 aromatic rings. The maximum Gasteiger partial charge on any atom is 0.264 e. The quantitative estimate of drug-likeness (QED) is 0.823. The van der Waals surface area contributed by atoms with Gasteiger partial charge in [0.05, 0.1) is 13.5 Å². The van der Waals surface area contributed by atoms with Crippen LogP contribution in [0, 0.1) is 0 Å². The van der Waals surface area contributed by atoms with Crippen molar-refractivity contribution in [3.63, 3.8) is 0 Å². The number of carbonyl (C=O) groups excluding carboxylic acids is 1. The molecular formula is C14H14Cl2N2OS2. The van der Waals surface area contributed by atoms with Gasteiger partial charge in [-0.3, -0.25) is 9.69 Å². The second-order valence-electron chi connectivity index (χ2n) is 4.88. The molecule has 1 fully saturated rings. The van der Waals surface area contributed by atoms with Crippen LogP contribution in [0.1, 0.15) is 14.5 Å². The molecule has 2 aromatic heterocycles. The van der Waals surface area contributed by atoms with E-state index in [0.29, 0.717) is 4.34 Å². The van der Waals surface area contributed by atoms with Gasteiger partial charge in [0.15, 0.2) is 0 Å². The summed E-state index contributed by atoms with van der Waals surface area (Å²) < 4.78 is 1.49. The number of piperazine rings is 1. The number of carbonyl (C=O) groups is 1. The number of rotatable bonds is 3. The van der Waals surface area contributed by atoms with Crippen molar-refractivity contribution in [1.29, 1.82) is 0 Å². The number of thiophene rings is 2. The molecular weight excluding hydrogens is 347 g/mol. The van der Waals surface area contributed by atoms with Gasteiger partial charge in [0.25, 0.3) is 5.91 Å². The molecule has 0 saturated carbocycles. The molecule has 3 nitrogen and oxygen atoms in total. The Hall–Kier alpha value is -0.590. The normalized spacial score (nSPS) is 16.4. The van der Waals surface area contributed by atoms with Crippen molar-refractivity contribution in [2.24, 2.45) is 0 Å². The van der Waals surface area contributed by atoms with Crippen LogP contribution in [-0.4, -0.2) is 41.9 Å². The second kappa shape index (κ2) is 6.67. The van der Waals surface area contributed by atoms with Gasteiger partial charge in [-0.25, -0.2) is 0 Å². The van der Waals surface area contributed by atoms with E-state index in [9.17, 15) is 4.79 Å². The highest BCUT2D eigenvalue weighted by atomic mass is 35.5. The number of hydrogen-bond donors (Lipinski definition) is 0. The number of nitrogens with zero attached hydrogens (tertiary/aromatic N) is 2. The van der Waals surface area contributed by atoms with Gasteiger partial charge in [-0.2, -0.15) is 0 Å². The van der Waals surface area contributed by atoms with Crippen LogP contribution in [0.4, 0.5) is 0 Å². The van der Waals surface area contributed by atoms with E-state index in [1.165, 1.54) is 16.2 Å². The van der Waals surface area contributed by atoms with Crippen LogP contribution in [-0.2, 0) is 6.54 Å². The SMILES string of the molecule is O=C(c1ccc(Cl)s1)N1CCN(Cc2ccc(Cl)s2)CC1. The zero-order valence-corrected chi connectivity index (χ0v) is 14.4. The molecule has 0 aromatic carbocycles. The molecule has 21 heavy (non-hydrogen) atoms. The van der Waals surface area contributed by atoms with Crippen molar-refractivity contribution in [1.82, 2.24) is 9.80 Å². The summed E-state index contributed by atoms with van der Waals surface area (Å²) in [5.74, 6) is 0.0886. The first kappa shape index (κ1) is 15.3. The first-order valence-corrected chi connectivity index (χ1v) is 9.02. The lowest BCUT2D eigenvalue weighted by Crippen LogP contribution is -2.48. The first-order chi connectivity index (χ1) is 10.1. The van der Waals surface area contributed by atoms with Crippen LogP contribution in [0.3, 0.4) is 0 Å². The second-order valence-corrected chi connectivity index (χ2v) is 8.39. The molecule has 0 spiro atoms. The largest absolute Gasteiger partial charge is 0.335 e. The Kier molecular flexibility index (Phi) is 4.86. The lowest BCUT2D eigenvalue weighted by Gasteiger charge is -2.34. The summed E-state index contributed by atoms with van der Waals surface area (Å²) in [4.78, 5) is 18.6. The predicted octanol–water partition coefficient (Wildman–Crippen LogP) is 4.07. The van der Waals surface area contributed by atoms with E-state index in [4.69, 9.17) is 23.2 Å². The van der Waals surface area contributed by atoms with E-state index in [-0.39, 0.29) is 5.91 Å². The molecule has 0 bridgehead atoms. The number of hydrogen-bond acceptors (Lipinski definition) is 4. The van der Waals surface area contributed by atoms with E-state index in [1.54, 1.807) is 23.5 Å². The van der Waals surface area contributed by atoms with Gasteiger partial charge in [-0.15, -0.1) is 22.7 Å². The maximum absolute atomic E-state index is 12.3. The summed E-state index contributed by atoms with van der Waals surface area (Å²) in [6.07, 6.45) is 0. The Morgan fingerprint density at radius 1 is 1.00 bits per heavy atom. The lowest BCUT2D eigenvalue weighted by molar-refractivity contribution is 0.0634. The third-order valence-electron chi connectivity index (χ3n) is 3.45. The Morgan fingerprint density at radius 2 is 1.67 bits per heavy atom. The summed E-state index contributed by atoms with van der Waals surface area (Å²) in [5, 5.41) is 0. The fourth-order valence-electron chi connectivity index (χ4n) is 2.35. The smallest absolute Gasteiger partial charge is 0.264 e. The summed E-state index contributed by atoms with van der Waals surface area (Å²) >= 11 is 14.8. The van der Waals surface area contributed by atoms with Crippen LogP contribution >= 0.6 is 45.9 Å². The molecule has 0 unspecified atom stereocenters. The van der Waals surface area contributed by atoms with Gasteiger partial charge in [-0.05, 0) is 24.3 Å². The van der Waals surface area contributed by atoms with Crippen LogP contribution in [0.15, 0.2) is 24.3 Å². The minimum atomic E-state index is 0.0886. The summed E-state index contributed by atoms with van der Waals surface area (Å²) in [6, 6.07) is 7.58. The molecule has 1 amide bonds. The highest BCUT2D eigenvalue weighted by Gasteiger charge is 2.23. The molecule has 1 aliphatic rings. The zero-order chi connectivity index (χ0) is 14.8. The molecule has 3 heterocycles. The first-order valence-electron chi connectivity index (χ1n) is 6.63. The van der Waals surface area contributed by atoms with Crippen molar-refractivity contribution < 1.29 is 4.79 Å². The molecule has 1 aliphatic heterocycles. The highest BCUT2D eigenvalue weighted by molar-refractivity contribution is 7.18. The van der Waals surface area contributed by atoms with Gasteiger partial charge >= 0.3 is 0 Å². The average molecular weight is 361 g/mol. The molecule has 0 N–H and O–H groups in total. The van der Waals surface area contributed by atoms with Crippen molar-refractivity contribution in [2.75, 3.05) is 26.2 Å². The van der Waals surface area contributed by atoms with E-state index < -0.39 is 0 Å². The van der Waals surface area contributed by atoms with Gasteiger partial charge in [0, 0.05) is 37.6 Å². The fraction of sp³-hybridized carbons (Fsp3) is 0.357. The van der Waals surface area contributed by atoms with Gasteiger partial charge in [0.2, 0.25) is 0 Å². The third-order valence-corrected chi connectivity index (χ3v) is 5.89. The summed E-state index contributed by atoms with van der Waals surface area (Å²) in [5.41, 5.74) is 0. The minimum absolute atomic E-state index is 0.0886. The lowest BCUT2D eigenvalue weighted by atomic mass is 10.3. The Morgan fingerprint density at radius 3 is 2.24 bits per heavy atom. The average Bonchev–Trinajstić information content (AvgIpc) is 3.08. The molecule has 112 valence electrons. The van der Waals surface area contributed by atoms with Crippen molar-refractivity contribution in [3.8, 4) is 0 Å². The molecule has 1 saturated heterocycles. The van der Waals surface area contributed by atoms with Crippen LogP contribution in [0.2, 0.25) is 8.67 Å².